The summed E-state index contributed by atoms with van der Waals surface area (Å²) < 4.78 is 33.2. The molecule has 1 aromatic rings. The first-order chi connectivity index (χ1) is 11.4. The molecule has 0 bridgehead atoms. The molecular weight excluding hydrogens is 330 g/mol. The molecule has 0 aliphatic carbocycles. The van der Waals surface area contributed by atoms with Crippen molar-refractivity contribution in [2.45, 2.75) is 25.7 Å². The Bertz CT molecular complexity index is 672. The van der Waals surface area contributed by atoms with Crippen LogP contribution in [0, 0.1) is 5.92 Å². The maximum Gasteiger partial charge on any atom is 0.220 e. The van der Waals surface area contributed by atoms with Gasteiger partial charge in [0.25, 0.3) is 0 Å². The minimum atomic E-state index is -2.86. The van der Waals surface area contributed by atoms with Crippen LogP contribution >= 0.6 is 0 Å². The van der Waals surface area contributed by atoms with E-state index in [1.54, 1.807) is 14.2 Å². The molecule has 7 heteroatoms. The SMILES string of the molecule is COc1ccc(CCNC(=O)CCC2CCS(=O)(=O)C2)cc1OC. The Labute approximate surface area is 143 Å². The van der Waals surface area contributed by atoms with E-state index in [0.29, 0.717) is 43.7 Å². The second-order valence-corrected chi connectivity index (χ2v) is 8.33. The molecule has 1 aromatic carbocycles. The summed E-state index contributed by atoms with van der Waals surface area (Å²) in [7, 11) is 0.318. The van der Waals surface area contributed by atoms with Crippen LogP contribution in [0.15, 0.2) is 18.2 Å². The maximum absolute atomic E-state index is 11.9. The highest BCUT2D eigenvalue weighted by Crippen LogP contribution is 2.27. The third kappa shape index (κ3) is 5.40. The molecule has 0 radical (unpaired) electrons. The van der Waals surface area contributed by atoms with Gasteiger partial charge in [0.2, 0.25) is 5.91 Å². The topological polar surface area (TPSA) is 81.7 Å². The van der Waals surface area contributed by atoms with Crippen LogP contribution in [0.4, 0.5) is 0 Å². The standard InChI is InChI=1S/C17H25NO5S/c1-22-15-5-3-13(11-16(15)23-2)7-9-18-17(19)6-4-14-8-10-24(20,21)12-14/h3,5,11,14H,4,6-10,12H2,1-2H3,(H,18,19). The lowest BCUT2D eigenvalue weighted by Crippen LogP contribution is -2.26. The zero-order valence-electron chi connectivity index (χ0n) is 14.2. The number of sulfone groups is 1. The molecule has 1 fully saturated rings. The molecule has 24 heavy (non-hydrogen) atoms. The van der Waals surface area contributed by atoms with E-state index in [4.69, 9.17) is 9.47 Å². The van der Waals surface area contributed by atoms with Gasteiger partial charge in [0.05, 0.1) is 25.7 Å². The maximum atomic E-state index is 11.9. The molecule has 1 N–H and O–H groups in total. The molecule has 1 aliphatic heterocycles. The average Bonchev–Trinajstić information content (AvgIpc) is 2.92. The van der Waals surface area contributed by atoms with Crippen LogP contribution in [0.5, 0.6) is 11.5 Å². The minimum absolute atomic E-state index is 0.0280. The van der Waals surface area contributed by atoms with Crippen molar-refractivity contribution in [1.82, 2.24) is 5.32 Å². The van der Waals surface area contributed by atoms with Gasteiger partial charge in [-0.25, -0.2) is 8.42 Å². The van der Waals surface area contributed by atoms with Gasteiger partial charge < -0.3 is 14.8 Å². The van der Waals surface area contributed by atoms with Gasteiger partial charge in [0, 0.05) is 13.0 Å². The van der Waals surface area contributed by atoms with E-state index in [0.717, 1.165) is 5.56 Å². The van der Waals surface area contributed by atoms with Crippen LogP contribution in [0.1, 0.15) is 24.8 Å². The number of rotatable bonds is 8. The van der Waals surface area contributed by atoms with Gasteiger partial charge in [-0.05, 0) is 42.9 Å². The molecule has 0 aromatic heterocycles. The number of carbonyl (C=O) groups is 1. The van der Waals surface area contributed by atoms with E-state index in [1.807, 2.05) is 18.2 Å². The summed E-state index contributed by atoms with van der Waals surface area (Å²) in [4.78, 5) is 11.9. The van der Waals surface area contributed by atoms with Crippen LogP contribution in [0.25, 0.3) is 0 Å². The lowest BCUT2D eigenvalue weighted by atomic mass is 10.0. The summed E-state index contributed by atoms with van der Waals surface area (Å²) in [6, 6.07) is 5.68. The third-order valence-corrected chi connectivity index (χ3v) is 6.13. The molecule has 1 atom stereocenters. The largest absolute Gasteiger partial charge is 0.493 e. The van der Waals surface area contributed by atoms with E-state index >= 15 is 0 Å². The Morgan fingerprint density at radius 1 is 1.25 bits per heavy atom. The molecule has 1 aliphatic rings. The molecule has 1 unspecified atom stereocenters. The second-order valence-electron chi connectivity index (χ2n) is 6.10. The summed E-state index contributed by atoms with van der Waals surface area (Å²) in [5.41, 5.74) is 1.05. The summed E-state index contributed by atoms with van der Waals surface area (Å²) in [6.07, 6.45) is 2.40. The first-order valence-electron chi connectivity index (χ1n) is 8.11. The van der Waals surface area contributed by atoms with Crippen LogP contribution < -0.4 is 14.8 Å². The minimum Gasteiger partial charge on any atom is -0.493 e. The monoisotopic (exact) mass is 355 g/mol. The van der Waals surface area contributed by atoms with E-state index in [1.165, 1.54) is 0 Å². The van der Waals surface area contributed by atoms with Crippen molar-refractivity contribution in [2.75, 3.05) is 32.3 Å². The fraction of sp³-hybridized carbons (Fsp3) is 0.588. The molecule has 0 spiro atoms. The molecule has 0 saturated carbocycles. The van der Waals surface area contributed by atoms with Gasteiger partial charge in [0.1, 0.15) is 0 Å². The predicted molar refractivity (Wildman–Crippen MR) is 92.3 cm³/mol. The molecule has 1 saturated heterocycles. The Kier molecular flexibility index (Phi) is 6.48. The summed E-state index contributed by atoms with van der Waals surface area (Å²) in [6.45, 7) is 0.539. The quantitative estimate of drug-likeness (QED) is 0.766. The number of amides is 1. The lowest BCUT2D eigenvalue weighted by molar-refractivity contribution is -0.121. The van der Waals surface area contributed by atoms with E-state index in [-0.39, 0.29) is 23.3 Å². The van der Waals surface area contributed by atoms with Gasteiger partial charge in [-0.15, -0.1) is 0 Å². The van der Waals surface area contributed by atoms with Crippen molar-refractivity contribution in [3.8, 4) is 11.5 Å². The van der Waals surface area contributed by atoms with Crippen molar-refractivity contribution < 1.29 is 22.7 Å². The van der Waals surface area contributed by atoms with Crippen molar-refractivity contribution in [3.05, 3.63) is 23.8 Å². The number of carbonyl (C=O) groups excluding carboxylic acids is 1. The van der Waals surface area contributed by atoms with Crippen LogP contribution in [0.2, 0.25) is 0 Å². The highest BCUT2D eigenvalue weighted by atomic mass is 32.2. The van der Waals surface area contributed by atoms with E-state index < -0.39 is 9.84 Å². The van der Waals surface area contributed by atoms with E-state index in [2.05, 4.69) is 5.32 Å². The van der Waals surface area contributed by atoms with Gasteiger partial charge in [-0.1, -0.05) is 6.07 Å². The highest BCUT2D eigenvalue weighted by molar-refractivity contribution is 7.91. The van der Waals surface area contributed by atoms with Gasteiger partial charge in [-0.3, -0.25) is 4.79 Å². The van der Waals surface area contributed by atoms with Gasteiger partial charge in [0.15, 0.2) is 21.3 Å². The van der Waals surface area contributed by atoms with Crippen molar-refractivity contribution in [3.63, 3.8) is 0 Å². The van der Waals surface area contributed by atoms with Crippen LogP contribution in [-0.4, -0.2) is 46.6 Å². The molecule has 6 nitrogen and oxygen atoms in total. The van der Waals surface area contributed by atoms with Gasteiger partial charge >= 0.3 is 0 Å². The fourth-order valence-electron chi connectivity index (χ4n) is 2.91. The lowest BCUT2D eigenvalue weighted by Gasteiger charge is -2.11. The van der Waals surface area contributed by atoms with E-state index in [9.17, 15) is 13.2 Å². The molecular formula is C17H25NO5S. The van der Waals surface area contributed by atoms with Crippen molar-refractivity contribution >= 4 is 15.7 Å². The molecule has 1 heterocycles. The van der Waals surface area contributed by atoms with Gasteiger partial charge in [-0.2, -0.15) is 0 Å². The Morgan fingerprint density at radius 2 is 2.00 bits per heavy atom. The fourth-order valence-corrected chi connectivity index (χ4v) is 4.82. The Balaban J connectivity index is 1.71. The zero-order valence-corrected chi connectivity index (χ0v) is 15.0. The first kappa shape index (κ1) is 18.6. The summed E-state index contributed by atoms with van der Waals surface area (Å²) >= 11 is 0. The molecule has 1 amide bonds. The summed E-state index contributed by atoms with van der Waals surface area (Å²) in [5.74, 6) is 1.94. The number of ether oxygens (including phenoxy) is 2. The highest BCUT2D eigenvalue weighted by Gasteiger charge is 2.27. The smallest absolute Gasteiger partial charge is 0.220 e. The Morgan fingerprint density at radius 3 is 2.62 bits per heavy atom. The van der Waals surface area contributed by atoms with Crippen LogP contribution in [-0.2, 0) is 21.1 Å². The normalized spacial score (nSPS) is 19.0. The molecule has 2 rings (SSSR count). The number of hydrogen-bond acceptors (Lipinski definition) is 5. The zero-order chi connectivity index (χ0) is 17.6. The van der Waals surface area contributed by atoms with Crippen molar-refractivity contribution in [1.29, 1.82) is 0 Å². The average molecular weight is 355 g/mol. The number of nitrogens with one attached hydrogen (secondary N) is 1. The second kappa shape index (κ2) is 8.37. The number of methoxy groups -OCH3 is 2. The molecule has 134 valence electrons. The van der Waals surface area contributed by atoms with Crippen molar-refractivity contribution in [2.24, 2.45) is 5.92 Å². The van der Waals surface area contributed by atoms with Crippen LogP contribution in [0.3, 0.4) is 0 Å². The summed E-state index contributed by atoms with van der Waals surface area (Å²) in [5, 5.41) is 2.88. The number of benzene rings is 1. The first-order valence-corrected chi connectivity index (χ1v) is 9.93. The predicted octanol–water partition coefficient (Wildman–Crippen LogP) is 1.58. The Hall–Kier alpha value is -1.76. The third-order valence-electron chi connectivity index (χ3n) is 4.29. The number of hydrogen-bond donors (Lipinski definition) is 1.